The van der Waals surface area contributed by atoms with Crippen LogP contribution in [0.15, 0.2) is 29.2 Å². The van der Waals surface area contributed by atoms with Crippen LogP contribution in [0.5, 0.6) is 0 Å². The average molecular weight is 373 g/mol. The van der Waals surface area contributed by atoms with Crippen LogP contribution >= 0.6 is 0 Å². The summed E-state index contributed by atoms with van der Waals surface area (Å²) in [5, 5.41) is 11.1. The smallest absolute Gasteiger partial charge is 0.222 e. The molecule has 2 aliphatic heterocycles. The summed E-state index contributed by atoms with van der Waals surface area (Å²) in [6.07, 6.45) is 7.11. The predicted octanol–water partition coefficient (Wildman–Crippen LogP) is 1.43. The molecule has 27 heavy (non-hydrogen) atoms. The quantitative estimate of drug-likeness (QED) is 0.790. The van der Waals surface area contributed by atoms with E-state index in [-0.39, 0.29) is 12.0 Å². The summed E-state index contributed by atoms with van der Waals surface area (Å²) < 4.78 is 12.7. The molecule has 4 rings (SSSR count). The van der Waals surface area contributed by atoms with Gasteiger partial charge in [-0.15, -0.1) is 0 Å². The van der Waals surface area contributed by atoms with E-state index < -0.39 is 0 Å². The summed E-state index contributed by atoms with van der Waals surface area (Å²) in [7, 11) is 0. The number of ether oxygens (including phenoxy) is 1. The number of hydrogen-bond acceptors (Lipinski definition) is 6. The number of piperidine rings is 1. The third-order valence-corrected chi connectivity index (χ3v) is 5.64. The lowest BCUT2D eigenvalue weighted by atomic mass is 9.83. The Labute approximate surface area is 158 Å². The minimum Gasteiger partial charge on any atom is -0.377 e. The fourth-order valence-corrected chi connectivity index (χ4v) is 4.21. The zero-order valence-corrected chi connectivity index (χ0v) is 15.7. The monoisotopic (exact) mass is 373 g/mol. The number of hydrogen-bond donors (Lipinski definition) is 1. The van der Waals surface area contributed by atoms with Crippen LogP contribution in [0.1, 0.15) is 31.0 Å². The highest BCUT2D eigenvalue weighted by Crippen LogP contribution is 2.36. The van der Waals surface area contributed by atoms with Gasteiger partial charge in [0.1, 0.15) is 12.0 Å². The van der Waals surface area contributed by atoms with Gasteiger partial charge in [-0.2, -0.15) is 5.10 Å². The number of fused-ring (bicyclic) bond motifs is 1. The zero-order chi connectivity index (χ0) is 18.6. The minimum absolute atomic E-state index is 0.0121. The third kappa shape index (κ3) is 4.39. The van der Waals surface area contributed by atoms with Gasteiger partial charge in [0.05, 0.1) is 31.9 Å². The van der Waals surface area contributed by atoms with E-state index in [9.17, 15) is 4.79 Å². The number of amides is 1. The topological polar surface area (TPSA) is 85.4 Å². The van der Waals surface area contributed by atoms with Crippen LogP contribution in [-0.4, -0.2) is 51.5 Å². The van der Waals surface area contributed by atoms with Gasteiger partial charge < -0.3 is 14.6 Å². The van der Waals surface area contributed by atoms with Crippen molar-refractivity contribution in [3.8, 4) is 0 Å². The van der Waals surface area contributed by atoms with Crippen molar-refractivity contribution in [3.05, 3.63) is 36.0 Å². The van der Waals surface area contributed by atoms with Crippen molar-refractivity contribution in [2.45, 2.75) is 45.5 Å². The van der Waals surface area contributed by atoms with E-state index in [1.165, 1.54) is 11.8 Å². The lowest BCUT2D eigenvalue weighted by molar-refractivity contribution is -0.124. The summed E-state index contributed by atoms with van der Waals surface area (Å²) >= 11 is 0. The summed E-state index contributed by atoms with van der Waals surface area (Å²) in [4.78, 5) is 14.7. The number of aromatic nitrogens is 3. The molecular formula is C19H27N5O3. The molecule has 0 spiro atoms. The van der Waals surface area contributed by atoms with Gasteiger partial charge in [-0.25, -0.2) is 0 Å². The fraction of sp³-hybridized carbons (Fsp3) is 0.632. The molecule has 1 N–H and O–H groups in total. The van der Waals surface area contributed by atoms with Gasteiger partial charge in [-0.05, 0) is 25.8 Å². The zero-order valence-electron chi connectivity index (χ0n) is 15.7. The second-order valence-corrected chi connectivity index (χ2v) is 7.50. The minimum atomic E-state index is 0.0121. The Balaban J connectivity index is 1.24. The van der Waals surface area contributed by atoms with Crippen LogP contribution in [0.25, 0.3) is 0 Å². The number of carbonyl (C=O) groups is 1. The number of nitrogens with zero attached hydrogens (tertiary/aromatic N) is 4. The van der Waals surface area contributed by atoms with Crippen molar-refractivity contribution in [1.82, 2.24) is 25.2 Å². The Morgan fingerprint density at radius 2 is 2.37 bits per heavy atom. The Kier molecular flexibility index (Phi) is 5.54. The largest absolute Gasteiger partial charge is 0.377 e. The number of rotatable bonds is 7. The standard InChI is InChI=1S/C19H27N5O3/c1-2-24-11-14(8-21-24)10-23-5-3-17-15(12-23)13-26-18(17)7-19(25)20-9-16-4-6-27-22-16/h4,6,8,11,15,17-18H,2-3,5,7,9-10,12-13H2,1H3,(H,20,25)/t15-,17-,18+/m1/s1. The summed E-state index contributed by atoms with van der Waals surface area (Å²) in [6, 6.07) is 1.75. The summed E-state index contributed by atoms with van der Waals surface area (Å²) in [5.41, 5.74) is 1.99. The van der Waals surface area contributed by atoms with Crippen LogP contribution in [0, 0.1) is 11.8 Å². The molecule has 2 aliphatic rings. The molecular weight excluding hydrogens is 346 g/mol. The highest BCUT2D eigenvalue weighted by Gasteiger charge is 2.41. The van der Waals surface area contributed by atoms with Gasteiger partial charge in [0.2, 0.25) is 5.91 Å². The maximum atomic E-state index is 12.2. The first-order chi connectivity index (χ1) is 13.2. The van der Waals surface area contributed by atoms with Crippen molar-refractivity contribution in [2.75, 3.05) is 19.7 Å². The fourth-order valence-electron chi connectivity index (χ4n) is 4.21. The SMILES string of the molecule is CCn1cc(CN2CC[C@@H]3[C@@H](CO[C@H]3CC(=O)NCc3ccon3)C2)cn1. The molecule has 8 heteroatoms. The second-order valence-electron chi connectivity index (χ2n) is 7.50. The lowest BCUT2D eigenvalue weighted by Crippen LogP contribution is -2.41. The van der Waals surface area contributed by atoms with Gasteiger partial charge in [0, 0.05) is 43.4 Å². The molecule has 3 atom stereocenters. The predicted molar refractivity (Wildman–Crippen MR) is 97.5 cm³/mol. The Morgan fingerprint density at radius 1 is 1.44 bits per heavy atom. The first-order valence-electron chi connectivity index (χ1n) is 9.72. The van der Waals surface area contributed by atoms with Crippen LogP contribution in [0.2, 0.25) is 0 Å². The molecule has 2 fully saturated rings. The van der Waals surface area contributed by atoms with E-state index in [0.717, 1.165) is 44.9 Å². The van der Waals surface area contributed by atoms with Crippen LogP contribution < -0.4 is 5.32 Å². The summed E-state index contributed by atoms with van der Waals surface area (Å²) in [6.45, 7) is 7.15. The molecule has 0 saturated carbocycles. The van der Waals surface area contributed by atoms with Gasteiger partial charge in [-0.1, -0.05) is 5.16 Å². The Bertz CT molecular complexity index is 744. The highest BCUT2D eigenvalue weighted by atomic mass is 16.5. The Morgan fingerprint density at radius 3 is 3.15 bits per heavy atom. The number of nitrogens with one attached hydrogen (secondary N) is 1. The molecule has 146 valence electrons. The normalized spacial score (nSPS) is 25.4. The molecule has 2 aromatic heterocycles. The maximum absolute atomic E-state index is 12.2. The molecule has 0 bridgehead atoms. The molecule has 0 aromatic carbocycles. The van der Waals surface area contributed by atoms with E-state index >= 15 is 0 Å². The summed E-state index contributed by atoms with van der Waals surface area (Å²) in [5.74, 6) is 0.990. The van der Waals surface area contributed by atoms with E-state index in [1.807, 2.05) is 10.9 Å². The molecule has 1 amide bonds. The van der Waals surface area contributed by atoms with E-state index in [2.05, 4.69) is 33.6 Å². The van der Waals surface area contributed by atoms with Gasteiger partial charge in [-0.3, -0.25) is 14.4 Å². The first kappa shape index (κ1) is 18.2. The lowest BCUT2D eigenvalue weighted by Gasteiger charge is -2.35. The number of likely N-dealkylation sites (tertiary alicyclic amines) is 1. The second kappa shape index (κ2) is 8.22. The molecule has 2 aromatic rings. The van der Waals surface area contributed by atoms with Crippen LogP contribution in [0.3, 0.4) is 0 Å². The van der Waals surface area contributed by atoms with Crippen molar-refractivity contribution < 1.29 is 14.1 Å². The molecule has 2 saturated heterocycles. The third-order valence-electron chi connectivity index (χ3n) is 5.64. The molecule has 0 unspecified atom stereocenters. The van der Waals surface area contributed by atoms with Gasteiger partial charge in [0.15, 0.2) is 0 Å². The van der Waals surface area contributed by atoms with Crippen molar-refractivity contribution in [1.29, 1.82) is 0 Å². The van der Waals surface area contributed by atoms with Crippen LogP contribution in [-0.2, 0) is 29.2 Å². The average Bonchev–Trinajstić information content (AvgIpc) is 3.41. The van der Waals surface area contributed by atoms with Crippen molar-refractivity contribution in [2.24, 2.45) is 11.8 Å². The molecule has 0 radical (unpaired) electrons. The molecule has 8 nitrogen and oxygen atoms in total. The van der Waals surface area contributed by atoms with E-state index in [0.29, 0.717) is 24.8 Å². The first-order valence-corrected chi connectivity index (χ1v) is 9.72. The van der Waals surface area contributed by atoms with Crippen LogP contribution in [0.4, 0.5) is 0 Å². The number of aryl methyl sites for hydroxylation is 1. The van der Waals surface area contributed by atoms with Crippen molar-refractivity contribution in [3.63, 3.8) is 0 Å². The Hall–Kier alpha value is -2.19. The van der Waals surface area contributed by atoms with E-state index in [4.69, 9.17) is 9.26 Å². The van der Waals surface area contributed by atoms with Crippen molar-refractivity contribution >= 4 is 5.91 Å². The number of carbonyl (C=O) groups excluding carboxylic acids is 1. The van der Waals surface area contributed by atoms with E-state index in [1.54, 1.807) is 6.07 Å². The highest BCUT2D eigenvalue weighted by molar-refractivity contribution is 5.76. The van der Waals surface area contributed by atoms with Gasteiger partial charge in [0.25, 0.3) is 0 Å². The maximum Gasteiger partial charge on any atom is 0.222 e. The molecule has 0 aliphatic carbocycles. The van der Waals surface area contributed by atoms with Gasteiger partial charge >= 0.3 is 0 Å². The molecule has 4 heterocycles.